The van der Waals surface area contributed by atoms with E-state index in [0.717, 1.165) is 6.42 Å². The van der Waals surface area contributed by atoms with Gasteiger partial charge in [-0.2, -0.15) is 0 Å². The largest absolute Gasteiger partial charge is 0.497 e. The molecule has 2 aromatic rings. The van der Waals surface area contributed by atoms with Crippen LogP contribution in [0.15, 0.2) is 42.5 Å². The lowest BCUT2D eigenvalue weighted by Gasteiger charge is -2.17. The molecule has 0 aromatic heterocycles. The van der Waals surface area contributed by atoms with E-state index in [1.165, 1.54) is 19.1 Å². The standard InChI is InChI=1S/C25H28N2O8/c1-4-11-34-24(30)16-5-7-18(8-6-16)27-14-17(12-23(27)29)25(31)35-15-22(28)26-20-10-9-19(32-2)13-21(20)33-3/h5-10,13,17H,4,11-12,14-15H2,1-3H3,(H,26,28)/t17-/m0/s1. The summed E-state index contributed by atoms with van der Waals surface area (Å²) in [5.41, 5.74) is 1.34. The first-order valence-electron chi connectivity index (χ1n) is 11.1. The van der Waals surface area contributed by atoms with Crippen LogP contribution in [0, 0.1) is 5.92 Å². The van der Waals surface area contributed by atoms with Crippen molar-refractivity contribution >= 4 is 35.1 Å². The van der Waals surface area contributed by atoms with Crippen LogP contribution in [0.5, 0.6) is 11.5 Å². The molecule has 10 nitrogen and oxygen atoms in total. The highest BCUT2D eigenvalue weighted by atomic mass is 16.5. The first-order valence-corrected chi connectivity index (χ1v) is 11.1. The molecule has 1 atom stereocenters. The summed E-state index contributed by atoms with van der Waals surface area (Å²) in [6.45, 7) is 1.85. The van der Waals surface area contributed by atoms with Crippen molar-refractivity contribution in [1.29, 1.82) is 0 Å². The van der Waals surface area contributed by atoms with Crippen LogP contribution in [0.25, 0.3) is 0 Å². The van der Waals surface area contributed by atoms with Gasteiger partial charge >= 0.3 is 11.9 Å². The van der Waals surface area contributed by atoms with Crippen LogP contribution in [-0.2, 0) is 23.9 Å². The van der Waals surface area contributed by atoms with E-state index in [-0.39, 0.29) is 18.9 Å². The molecule has 0 radical (unpaired) electrons. The van der Waals surface area contributed by atoms with E-state index in [1.54, 1.807) is 42.5 Å². The summed E-state index contributed by atoms with van der Waals surface area (Å²) >= 11 is 0. The van der Waals surface area contributed by atoms with Gasteiger partial charge in [0, 0.05) is 24.7 Å². The Kier molecular flexibility index (Phi) is 8.66. The molecule has 0 spiro atoms. The zero-order valence-electron chi connectivity index (χ0n) is 19.9. The Morgan fingerprint density at radius 3 is 2.43 bits per heavy atom. The van der Waals surface area contributed by atoms with Crippen LogP contribution in [0.2, 0.25) is 0 Å². The molecular formula is C25H28N2O8. The summed E-state index contributed by atoms with van der Waals surface area (Å²) in [6, 6.07) is 11.3. The minimum atomic E-state index is -0.708. The summed E-state index contributed by atoms with van der Waals surface area (Å²) in [5, 5.41) is 2.62. The minimum absolute atomic E-state index is 0.0347. The van der Waals surface area contributed by atoms with Crippen LogP contribution in [-0.4, -0.2) is 57.7 Å². The highest BCUT2D eigenvalue weighted by molar-refractivity contribution is 6.00. The number of nitrogens with zero attached hydrogens (tertiary/aromatic N) is 1. The molecule has 0 unspecified atom stereocenters. The van der Waals surface area contributed by atoms with Gasteiger partial charge in [0.1, 0.15) is 11.5 Å². The number of benzene rings is 2. The summed E-state index contributed by atoms with van der Waals surface area (Å²) in [5.74, 6) is -1.62. The van der Waals surface area contributed by atoms with Gasteiger partial charge in [-0.3, -0.25) is 14.4 Å². The van der Waals surface area contributed by atoms with Crippen LogP contribution >= 0.6 is 0 Å². The zero-order chi connectivity index (χ0) is 25.4. The number of ether oxygens (including phenoxy) is 4. The molecule has 2 amide bonds. The third-order valence-electron chi connectivity index (χ3n) is 5.34. The Hall–Kier alpha value is -4.08. The number of hydrogen-bond donors (Lipinski definition) is 1. The van der Waals surface area contributed by atoms with Crippen molar-refractivity contribution in [3.8, 4) is 11.5 Å². The molecule has 1 fully saturated rings. The molecule has 2 aromatic carbocycles. The van der Waals surface area contributed by atoms with Crippen molar-refractivity contribution in [2.75, 3.05) is 44.2 Å². The van der Waals surface area contributed by atoms with Gasteiger partial charge in [-0.25, -0.2) is 4.79 Å². The zero-order valence-corrected chi connectivity index (χ0v) is 19.9. The molecule has 0 saturated carbocycles. The topological polar surface area (TPSA) is 120 Å². The molecule has 10 heteroatoms. The van der Waals surface area contributed by atoms with Gasteiger partial charge in [0.25, 0.3) is 5.91 Å². The third-order valence-corrected chi connectivity index (χ3v) is 5.34. The van der Waals surface area contributed by atoms with Crippen LogP contribution in [0.4, 0.5) is 11.4 Å². The Morgan fingerprint density at radius 1 is 1.03 bits per heavy atom. The van der Waals surface area contributed by atoms with Gasteiger partial charge < -0.3 is 29.2 Å². The number of nitrogens with one attached hydrogen (secondary N) is 1. The van der Waals surface area contributed by atoms with Crippen molar-refractivity contribution in [3.05, 3.63) is 48.0 Å². The van der Waals surface area contributed by atoms with E-state index >= 15 is 0 Å². The fourth-order valence-corrected chi connectivity index (χ4v) is 3.51. The minimum Gasteiger partial charge on any atom is -0.497 e. The van der Waals surface area contributed by atoms with Crippen LogP contribution in [0.1, 0.15) is 30.1 Å². The number of rotatable bonds is 10. The van der Waals surface area contributed by atoms with Crippen molar-refractivity contribution in [2.24, 2.45) is 5.92 Å². The van der Waals surface area contributed by atoms with E-state index in [4.69, 9.17) is 18.9 Å². The van der Waals surface area contributed by atoms with E-state index in [0.29, 0.717) is 35.0 Å². The summed E-state index contributed by atoms with van der Waals surface area (Å²) in [4.78, 5) is 50.6. The van der Waals surface area contributed by atoms with Gasteiger partial charge in [0.05, 0.1) is 38.0 Å². The fraction of sp³-hybridized carbons (Fsp3) is 0.360. The van der Waals surface area contributed by atoms with Crippen molar-refractivity contribution in [2.45, 2.75) is 19.8 Å². The molecule has 0 bridgehead atoms. The third kappa shape index (κ3) is 6.50. The second-order valence-corrected chi connectivity index (χ2v) is 7.81. The van der Waals surface area contributed by atoms with Gasteiger partial charge in [-0.05, 0) is 42.8 Å². The highest BCUT2D eigenvalue weighted by Gasteiger charge is 2.36. The average molecular weight is 485 g/mol. The summed E-state index contributed by atoms with van der Waals surface area (Å²) in [6.07, 6.45) is 0.688. The Morgan fingerprint density at radius 2 is 1.77 bits per heavy atom. The highest BCUT2D eigenvalue weighted by Crippen LogP contribution is 2.29. The van der Waals surface area contributed by atoms with E-state index in [1.807, 2.05) is 6.92 Å². The summed E-state index contributed by atoms with van der Waals surface area (Å²) < 4.78 is 20.6. The molecule has 3 rings (SSSR count). The molecule has 1 aliphatic heterocycles. The monoisotopic (exact) mass is 484 g/mol. The van der Waals surface area contributed by atoms with Crippen molar-refractivity contribution in [3.63, 3.8) is 0 Å². The van der Waals surface area contributed by atoms with Gasteiger partial charge in [0.15, 0.2) is 6.61 Å². The quantitative estimate of drug-likeness (QED) is 0.511. The average Bonchev–Trinajstić information content (AvgIpc) is 3.27. The molecule has 1 heterocycles. The lowest BCUT2D eigenvalue weighted by molar-refractivity contribution is -0.151. The van der Waals surface area contributed by atoms with E-state index < -0.39 is 30.4 Å². The van der Waals surface area contributed by atoms with E-state index in [2.05, 4.69) is 5.32 Å². The van der Waals surface area contributed by atoms with Crippen LogP contribution < -0.4 is 19.7 Å². The molecule has 1 aliphatic rings. The normalized spacial score (nSPS) is 14.9. The maximum Gasteiger partial charge on any atom is 0.338 e. The van der Waals surface area contributed by atoms with Gasteiger partial charge in [-0.1, -0.05) is 6.92 Å². The maximum atomic E-state index is 12.5. The lowest BCUT2D eigenvalue weighted by Crippen LogP contribution is -2.28. The second kappa shape index (κ2) is 11.9. The first-order chi connectivity index (χ1) is 16.9. The predicted molar refractivity (Wildman–Crippen MR) is 127 cm³/mol. The number of hydrogen-bond acceptors (Lipinski definition) is 8. The Bertz CT molecular complexity index is 1080. The number of carbonyl (C=O) groups excluding carboxylic acids is 4. The SMILES string of the molecule is CCCOC(=O)c1ccc(N2C[C@@H](C(=O)OCC(=O)Nc3ccc(OC)cc3OC)CC2=O)cc1. The van der Waals surface area contributed by atoms with Crippen LogP contribution in [0.3, 0.4) is 0 Å². The van der Waals surface area contributed by atoms with Gasteiger partial charge in [0.2, 0.25) is 5.91 Å². The van der Waals surface area contributed by atoms with Crippen molar-refractivity contribution in [1.82, 2.24) is 0 Å². The lowest BCUT2D eigenvalue weighted by atomic mass is 10.1. The molecule has 1 N–H and O–H groups in total. The molecule has 1 saturated heterocycles. The Labute approximate surface area is 203 Å². The smallest absolute Gasteiger partial charge is 0.338 e. The summed E-state index contributed by atoms with van der Waals surface area (Å²) in [7, 11) is 2.97. The first kappa shape index (κ1) is 25.5. The van der Waals surface area contributed by atoms with Crippen molar-refractivity contribution < 1.29 is 38.1 Å². The maximum absolute atomic E-state index is 12.5. The number of methoxy groups -OCH3 is 2. The molecule has 0 aliphatic carbocycles. The number of carbonyl (C=O) groups is 4. The number of esters is 2. The molecule has 35 heavy (non-hydrogen) atoms. The Balaban J connectivity index is 1.53. The molecule has 186 valence electrons. The predicted octanol–water partition coefficient (Wildman–Crippen LogP) is 2.81. The number of anilines is 2. The fourth-order valence-electron chi connectivity index (χ4n) is 3.51. The second-order valence-electron chi connectivity index (χ2n) is 7.81. The van der Waals surface area contributed by atoms with Gasteiger partial charge in [-0.15, -0.1) is 0 Å². The van der Waals surface area contributed by atoms with E-state index in [9.17, 15) is 19.2 Å². The molecular weight excluding hydrogens is 456 g/mol. The number of amides is 2.